The second kappa shape index (κ2) is 7.52. The minimum Gasteiger partial charge on any atom is -0.386 e. The second-order valence-electron chi connectivity index (χ2n) is 5.40. The summed E-state index contributed by atoms with van der Waals surface area (Å²) < 4.78 is 0. The normalized spacial score (nSPS) is 13.8. The van der Waals surface area contributed by atoms with Crippen LogP contribution in [0.4, 0.5) is 0 Å². The smallest absolute Gasteiger partial charge is 0.105 e. The molecule has 23 heavy (non-hydrogen) atoms. The van der Waals surface area contributed by atoms with Crippen LogP contribution in [-0.4, -0.2) is 11.3 Å². The van der Waals surface area contributed by atoms with Crippen LogP contribution >= 0.6 is 0 Å². The highest BCUT2D eigenvalue weighted by atomic mass is 16.3. The van der Waals surface area contributed by atoms with Gasteiger partial charge in [-0.25, -0.2) is 0 Å². The van der Waals surface area contributed by atoms with E-state index in [0.29, 0.717) is 0 Å². The van der Waals surface area contributed by atoms with Gasteiger partial charge < -0.3 is 5.11 Å². The summed E-state index contributed by atoms with van der Waals surface area (Å²) in [7, 11) is 0. The fourth-order valence-electron chi connectivity index (χ4n) is 2.54. The Morgan fingerprint density at radius 1 is 0.652 bits per heavy atom. The maximum Gasteiger partial charge on any atom is 0.105 e. The first-order valence-electron chi connectivity index (χ1n) is 7.71. The zero-order valence-corrected chi connectivity index (χ0v) is 12.8. The molecule has 3 aromatic rings. The van der Waals surface area contributed by atoms with Gasteiger partial charge in [-0.2, -0.15) is 0 Å². The summed E-state index contributed by atoms with van der Waals surface area (Å²) in [5, 5.41) is 10.8. The Balaban J connectivity index is 1.93. The number of rotatable bonds is 5. The van der Waals surface area contributed by atoms with Crippen molar-refractivity contribution in [1.82, 2.24) is 0 Å². The van der Waals surface area contributed by atoms with Gasteiger partial charge >= 0.3 is 0 Å². The molecule has 2 nitrogen and oxygen atoms in total. The van der Waals surface area contributed by atoms with Gasteiger partial charge in [-0.3, -0.25) is 4.99 Å². The van der Waals surface area contributed by atoms with Crippen molar-refractivity contribution in [3.63, 3.8) is 0 Å². The number of hydrogen-bond donors (Lipinski definition) is 1. The lowest BCUT2D eigenvalue weighted by Crippen LogP contribution is -2.09. The van der Waals surface area contributed by atoms with E-state index in [4.69, 9.17) is 0 Å². The average Bonchev–Trinajstić information content (AvgIpc) is 2.64. The minimum atomic E-state index is -0.682. The highest BCUT2D eigenvalue weighted by Gasteiger charge is 2.21. The molecule has 0 saturated carbocycles. The first-order valence-corrected chi connectivity index (χ1v) is 7.71. The molecular weight excluding hydrogens is 282 g/mol. The van der Waals surface area contributed by atoms with Crippen LogP contribution in [0.1, 0.15) is 28.8 Å². The summed E-state index contributed by atoms with van der Waals surface area (Å²) in [4.78, 5) is 4.67. The zero-order chi connectivity index (χ0) is 15.9. The van der Waals surface area contributed by atoms with Crippen molar-refractivity contribution in [2.75, 3.05) is 0 Å². The van der Waals surface area contributed by atoms with Crippen molar-refractivity contribution in [3.8, 4) is 0 Å². The van der Waals surface area contributed by atoms with Crippen LogP contribution in [-0.2, 0) is 0 Å². The maximum atomic E-state index is 10.8. The van der Waals surface area contributed by atoms with E-state index >= 15 is 0 Å². The number of aliphatic hydroxyl groups is 1. The molecule has 0 fully saturated rings. The van der Waals surface area contributed by atoms with Crippen LogP contribution < -0.4 is 0 Å². The monoisotopic (exact) mass is 301 g/mol. The number of hydrogen-bond acceptors (Lipinski definition) is 2. The summed E-state index contributed by atoms with van der Waals surface area (Å²) in [6.07, 6.45) is 1.14. The van der Waals surface area contributed by atoms with Gasteiger partial charge in [0.1, 0.15) is 12.1 Å². The number of aliphatic hydroxyl groups excluding tert-OH is 1. The van der Waals surface area contributed by atoms with Crippen molar-refractivity contribution >= 4 is 6.21 Å². The molecule has 0 aromatic heterocycles. The van der Waals surface area contributed by atoms with E-state index in [-0.39, 0.29) is 6.04 Å². The predicted octanol–water partition coefficient (Wildman–Crippen LogP) is 4.58. The van der Waals surface area contributed by atoms with Crippen molar-refractivity contribution in [3.05, 3.63) is 108 Å². The van der Waals surface area contributed by atoms with Crippen molar-refractivity contribution in [2.45, 2.75) is 12.1 Å². The topological polar surface area (TPSA) is 32.6 Å². The zero-order valence-electron chi connectivity index (χ0n) is 12.8. The van der Waals surface area contributed by atoms with E-state index in [1.165, 1.54) is 0 Å². The van der Waals surface area contributed by atoms with Crippen molar-refractivity contribution in [1.29, 1.82) is 0 Å². The summed E-state index contributed by atoms with van der Waals surface area (Å²) in [5.41, 5.74) is 2.89. The number of nitrogens with zero attached hydrogens (tertiary/aromatic N) is 1. The SMILES string of the molecule is O[C@H](c1ccccc1)[C@@H](N=Cc1ccccc1)c1ccccc1. The highest BCUT2D eigenvalue weighted by Crippen LogP contribution is 2.31. The lowest BCUT2D eigenvalue weighted by molar-refractivity contribution is 0.148. The third-order valence-corrected chi connectivity index (χ3v) is 3.77. The Hall–Kier alpha value is -2.71. The molecule has 3 aromatic carbocycles. The van der Waals surface area contributed by atoms with Crippen molar-refractivity contribution < 1.29 is 5.11 Å². The number of aliphatic imine (C=N–C) groups is 1. The van der Waals surface area contributed by atoms with Gasteiger partial charge in [-0.1, -0.05) is 91.0 Å². The molecular formula is C21H19NO. The van der Waals surface area contributed by atoms with Gasteiger partial charge in [0, 0.05) is 6.21 Å². The molecule has 2 atom stereocenters. The van der Waals surface area contributed by atoms with E-state index in [9.17, 15) is 5.11 Å². The minimum absolute atomic E-state index is 0.334. The lowest BCUT2D eigenvalue weighted by Gasteiger charge is -2.20. The van der Waals surface area contributed by atoms with E-state index < -0.39 is 6.10 Å². The molecule has 0 saturated heterocycles. The molecule has 0 aliphatic rings. The predicted molar refractivity (Wildman–Crippen MR) is 94.6 cm³/mol. The van der Waals surface area contributed by atoms with Gasteiger partial charge in [0.25, 0.3) is 0 Å². The van der Waals surface area contributed by atoms with Crippen LogP contribution in [0.25, 0.3) is 0 Å². The van der Waals surface area contributed by atoms with Crippen LogP contribution in [0, 0.1) is 0 Å². The van der Waals surface area contributed by atoms with Crippen LogP contribution in [0.3, 0.4) is 0 Å². The van der Waals surface area contributed by atoms with Crippen LogP contribution in [0.2, 0.25) is 0 Å². The fraction of sp³-hybridized carbons (Fsp3) is 0.0952. The Morgan fingerprint density at radius 2 is 1.13 bits per heavy atom. The molecule has 0 unspecified atom stereocenters. The molecule has 3 rings (SSSR count). The first-order chi connectivity index (χ1) is 11.3. The number of benzene rings is 3. The second-order valence-corrected chi connectivity index (χ2v) is 5.40. The fourth-order valence-corrected chi connectivity index (χ4v) is 2.54. The molecule has 1 N–H and O–H groups in total. The van der Waals surface area contributed by atoms with Crippen LogP contribution in [0.5, 0.6) is 0 Å². The molecule has 2 heteroatoms. The van der Waals surface area contributed by atoms with E-state index in [2.05, 4.69) is 4.99 Å². The molecule has 0 spiro atoms. The largest absolute Gasteiger partial charge is 0.386 e. The van der Waals surface area contributed by atoms with Gasteiger partial charge in [-0.15, -0.1) is 0 Å². The van der Waals surface area contributed by atoms with Gasteiger partial charge in [0.2, 0.25) is 0 Å². The van der Waals surface area contributed by atoms with E-state index in [0.717, 1.165) is 16.7 Å². The quantitative estimate of drug-likeness (QED) is 0.687. The maximum absolute atomic E-state index is 10.8. The molecule has 0 amide bonds. The van der Waals surface area contributed by atoms with Gasteiger partial charge in [0.15, 0.2) is 0 Å². The summed E-state index contributed by atoms with van der Waals surface area (Å²) in [6, 6.07) is 29.2. The Labute approximate surface area is 136 Å². The van der Waals surface area contributed by atoms with Gasteiger partial charge in [0.05, 0.1) is 0 Å². The third-order valence-electron chi connectivity index (χ3n) is 3.77. The molecule has 0 heterocycles. The summed E-state index contributed by atoms with van der Waals surface area (Å²) >= 11 is 0. The van der Waals surface area contributed by atoms with E-state index in [1.54, 1.807) is 0 Å². The van der Waals surface area contributed by atoms with Gasteiger partial charge in [-0.05, 0) is 16.7 Å². The molecule has 0 aliphatic heterocycles. The first kappa shape index (κ1) is 15.2. The van der Waals surface area contributed by atoms with Crippen molar-refractivity contribution in [2.24, 2.45) is 4.99 Å². The lowest BCUT2D eigenvalue weighted by atomic mass is 9.96. The Morgan fingerprint density at radius 3 is 1.70 bits per heavy atom. The summed E-state index contributed by atoms with van der Waals surface area (Å²) in [5.74, 6) is 0. The summed E-state index contributed by atoms with van der Waals surface area (Å²) in [6.45, 7) is 0. The third kappa shape index (κ3) is 3.93. The Kier molecular flexibility index (Phi) is 4.97. The molecule has 0 radical (unpaired) electrons. The standard InChI is InChI=1S/C21H19NO/c23-21(19-14-8-3-9-15-19)20(18-12-6-2-7-13-18)22-16-17-10-4-1-5-11-17/h1-16,20-21,23H/t20-,21+/m0/s1. The molecule has 0 aliphatic carbocycles. The highest BCUT2D eigenvalue weighted by molar-refractivity contribution is 5.79. The molecule has 0 bridgehead atoms. The average molecular weight is 301 g/mol. The van der Waals surface area contributed by atoms with E-state index in [1.807, 2.05) is 97.2 Å². The Bertz CT molecular complexity index is 739. The van der Waals surface area contributed by atoms with Crippen LogP contribution in [0.15, 0.2) is 96.0 Å². The molecule has 114 valence electrons.